The number of anilines is 1. The molecule has 0 unspecified atom stereocenters. The molecule has 170 valence electrons. The summed E-state index contributed by atoms with van der Waals surface area (Å²) < 4.78 is 41.1. The lowest BCUT2D eigenvalue weighted by Crippen LogP contribution is -2.21. The summed E-state index contributed by atoms with van der Waals surface area (Å²) in [6, 6.07) is 4.94. The quantitative estimate of drug-likeness (QED) is 0.372. The molecule has 3 aromatic rings. The van der Waals surface area contributed by atoms with E-state index in [0.717, 1.165) is 6.92 Å². The molecular weight excluding hydrogens is 500 g/mol. The first-order valence-electron chi connectivity index (χ1n) is 8.63. The van der Waals surface area contributed by atoms with Crippen molar-refractivity contribution in [2.75, 3.05) is 5.32 Å². The van der Waals surface area contributed by atoms with Crippen LogP contribution < -0.4 is 5.32 Å². The van der Waals surface area contributed by atoms with Crippen molar-refractivity contribution in [3.8, 4) is 0 Å². The Balaban J connectivity index is 1.78. The second-order valence-corrected chi connectivity index (χ2v) is 7.69. The lowest BCUT2D eigenvalue weighted by atomic mass is 10.2. The van der Waals surface area contributed by atoms with Crippen molar-refractivity contribution in [1.29, 1.82) is 0 Å². The number of benzene rings is 1. The number of carbonyl (C=O) groups excluding carboxylic acids is 1. The van der Waals surface area contributed by atoms with Crippen LogP contribution in [0.2, 0.25) is 15.1 Å². The zero-order chi connectivity index (χ0) is 23.8. The molecule has 2 heterocycles. The van der Waals surface area contributed by atoms with Gasteiger partial charge >= 0.3 is 11.9 Å². The predicted octanol–water partition coefficient (Wildman–Crippen LogP) is 4.96. The molecule has 0 bridgehead atoms. The van der Waals surface area contributed by atoms with Gasteiger partial charge in [-0.15, -0.1) is 0 Å². The standard InChI is InChI=1S/C17H12Cl3F3N6O3/c1-8-14(29(31)32)15(17(21,22)23)25-28(8)7-13(30)24-16-12(20)6-27(26-16)5-9-10(18)3-2-4-11(9)19/h2-4,6H,5,7H2,1H3,(H,24,26,30). The molecule has 15 heteroatoms. The van der Waals surface area contributed by atoms with Gasteiger partial charge in [-0.3, -0.25) is 24.3 Å². The lowest BCUT2D eigenvalue weighted by molar-refractivity contribution is -0.388. The SMILES string of the molecule is Cc1c([N+](=O)[O-])c(C(F)(F)F)nn1CC(=O)Nc1nn(Cc2c(Cl)cccc2Cl)cc1Cl. The second-order valence-electron chi connectivity index (χ2n) is 6.47. The van der Waals surface area contributed by atoms with Gasteiger partial charge in [-0.2, -0.15) is 23.4 Å². The molecule has 0 fully saturated rings. The number of halogens is 6. The Kier molecular flexibility index (Phi) is 6.67. The smallest absolute Gasteiger partial charge is 0.306 e. The summed E-state index contributed by atoms with van der Waals surface area (Å²) in [4.78, 5) is 22.2. The van der Waals surface area contributed by atoms with Crippen molar-refractivity contribution in [2.24, 2.45) is 0 Å². The normalized spacial score (nSPS) is 11.6. The highest BCUT2D eigenvalue weighted by Gasteiger charge is 2.44. The summed E-state index contributed by atoms with van der Waals surface area (Å²) >= 11 is 18.3. The van der Waals surface area contributed by atoms with Crippen LogP contribution >= 0.6 is 34.8 Å². The van der Waals surface area contributed by atoms with Crippen molar-refractivity contribution in [2.45, 2.75) is 26.2 Å². The molecule has 1 N–H and O–H groups in total. The van der Waals surface area contributed by atoms with Crippen molar-refractivity contribution in [3.63, 3.8) is 0 Å². The monoisotopic (exact) mass is 510 g/mol. The van der Waals surface area contributed by atoms with E-state index >= 15 is 0 Å². The van der Waals surface area contributed by atoms with E-state index in [-0.39, 0.29) is 17.4 Å². The fourth-order valence-electron chi connectivity index (χ4n) is 2.82. The molecule has 32 heavy (non-hydrogen) atoms. The van der Waals surface area contributed by atoms with Crippen molar-refractivity contribution < 1.29 is 22.9 Å². The Morgan fingerprint density at radius 2 is 1.81 bits per heavy atom. The Bertz CT molecular complexity index is 1190. The average Bonchev–Trinajstić information content (AvgIpc) is 3.18. The minimum Gasteiger partial charge on any atom is -0.306 e. The third-order valence-corrected chi connectivity index (χ3v) is 5.26. The van der Waals surface area contributed by atoms with Gasteiger partial charge in [-0.05, 0) is 19.1 Å². The highest BCUT2D eigenvalue weighted by atomic mass is 35.5. The minimum atomic E-state index is -5.06. The molecule has 3 rings (SSSR count). The summed E-state index contributed by atoms with van der Waals surface area (Å²) in [7, 11) is 0. The summed E-state index contributed by atoms with van der Waals surface area (Å²) in [6.07, 6.45) is -3.67. The largest absolute Gasteiger partial charge is 0.442 e. The van der Waals surface area contributed by atoms with Crippen LogP contribution in [0, 0.1) is 17.0 Å². The van der Waals surface area contributed by atoms with Crippen LogP contribution in [-0.4, -0.2) is 30.4 Å². The zero-order valence-corrected chi connectivity index (χ0v) is 18.2. The maximum atomic E-state index is 13.0. The predicted molar refractivity (Wildman–Crippen MR) is 110 cm³/mol. The minimum absolute atomic E-state index is 0.0423. The summed E-state index contributed by atoms with van der Waals surface area (Å²) in [5, 5.41) is 21.5. The average molecular weight is 512 g/mol. The third kappa shape index (κ3) is 4.97. The number of aromatic nitrogens is 4. The van der Waals surface area contributed by atoms with Gasteiger partial charge in [0.2, 0.25) is 11.6 Å². The maximum absolute atomic E-state index is 13.0. The van der Waals surface area contributed by atoms with Gasteiger partial charge in [0.05, 0.1) is 11.5 Å². The molecule has 2 aromatic heterocycles. The van der Waals surface area contributed by atoms with E-state index in [1.807, 2.05) is 0 Å². The van der Waals surface area contributed by atoms with Gasteiger partial charge in [0.15, 0.2) is 5.82 Å². The molecular formula is C17H12Cl3F3N6O3. The van der Waals surface area contributed by atoms with Gasteiger partial charge in [-0.1, -0.05) is 40.9 Å². The summed E-state index contributed by atoms with van der Waals surface area (Å²) in [6.45, 7) is 0.457. The van der Waals surface area contributed by atoms with Crippen LogP contribution in [0.25, 0.3) is 0 Å². The molecule has 0 atom stereocenters. The second kappa shape index (κ2) is 8.96. The van der Waals surface area contributed by atoms with Crippen LogP contribution in [0.1, 0.15) is 17.0 Å². The van der Waals surface area contributed by atoms with E-state index in [2.05, 4.69) is 15.5 Å². The number of nitrogens with one attached hydrogen (secondary N) is 1. The van der Waals surface area contributed by atoms with Gasteiger partial charge in [0.1, 0.15) is 17.3 Å². The number of nitro groups is 1. The fraction of sp³-hybridized carbons (Fsp3) is 0.235. The Morgan fingerprint density at radius 1 is 1.19 bits per heavy atom. The molecule has 0 aliphatic heterocycles. The Hall–Kier alpha value is -2.83. The van der Waals surface area contributed by atoms with Gasteiger partial charge < -0.3 is 5.32 Å². The number of alkyl halides is 3. The van der Waals surface area contributed by atoms with Gasteiger partial charge in [-0.25, -0.2) is 0 Å². The molecule has 0 spiro atoms. The highest BCUT2D eigenvalue weighted by Crippen LogP contribution is 2.37. The highest BCUT2D eigenvalue weighted by molar-refractivity contribution is 6.36. The lowest BCUT2D eigenvalue weighted by Gasteiger charge is -2.07. The van der Waals surface area contributed by atoms with Crippen molar-refractivity contribution >= 4 is 52.2 Å². The molecule has 1 amide bonds. The molecule has 0 aliphatic rings. The number of nitrogens with zero attached hydrogens (tertiary/aromatic N) is 5. The summed E-state index contributed by atoms with van der Waals surface area (Å²) in [5.41, 5.74) is -2.77. The number of amides is 1. The van der Waals surface area contributed by atoms with E-state index in [0.29, 0.717) is 20.3 Å². The number of hydrogen-bond donors (Lipinski definition) is 1. The maximum Gasteiger partial charge on any atom is 0.442 e. The molecule has 0 saturated carbocycles. The van der Waals surface area contributed by atoms with Crippen LogP contribution in [0.15, 0.2) is 24.4 Å². The molecule has 9 nitrogen and oxygen atoms in total. The molecule has 0 radical (unpaired) electrons. The first-order valence-corrected chi connectivity index (χ1v) is 9.76. The first kappa shape index (κ1) is 23.8. The van der Waals surface area contributed by atoms with Crippen LogP contribution in [0.5, 0.6) is 0 Å². The van der Waals surface area contributed by atoms with E-state index < -0.39 is 40.6 Å². The Morgan fingerprint density at radius 3 is 2.34 bits per heavy atom. The molecule has 1 aromatic carbocycles. The fourth-order valence-corrected chi connectivity index (χ4v) is 3.53. The van der Waals surface area contributed by atoms with E-state index in [4.69, 9.17) is 34.8 Å². The summed E-state index contributed by atoms with van der Waals surface area (Å²) in [5.74, 6) is -0.919. The Labute approximate surface area is 192 Å². The van der Waals surface area contributed by atoms with Crippen molar-refractivity contribution in [3.05, 3.63) is 66.5 Å². The van der Waals surface area contributed by atoms with Crippen molar-refractivity contribution in [1.82, 2.24) is 19.6 Å². The zero-order valence-electron chi connectivity index (χ0n) is 16.0. The van der Waals surface area contributed by atoms with Gasteiger partial charge in [0, 0.05) is 21.8 Å². The third-order valence-electron chi connectivity index (χ3n) is 4.28. The van der Waals surface area contributed by atoms with Gasteiger partial charge in [0.25, 0.3) is 0 Å². The molecule has 0 aliphatic carbocycles. The number of carbonyl (C=O) groups is 1. The topological polar surface area (TPSA) is 108 Å². The van der Waals surface area contributed by atoms with Crippen LogP contribution in [-0.2, 0) is 24.1 Å². The number of hydrogen-bond acceptors (Lipinski definition) is 5. The number of rotatable bonds is 6. The van der Waals surface area contributed by atoms with E-state index in [1.165, 1.54) is 10.9 Å². The van der Waals surface area contributed by atoms with E-state index in [9.17, 15) is 28.1 Å². The molecule has 0 saturated heterocycles. The first-order chi connectivity index (χ1) is 14.9. The van der Waals surface area contributed by atoms with Crippen LogP contribution in [0.4, 0.5) is 24.7 Å². The van der Waals surface area contributed by atoms with E-state index in [1.54, 1.807) is 18.2 Å². The van der Waals surface area contributed by atoms with Crippen LogP contribution in [0.3, 0.4) is 0 Å².